The average molecular weight is 293 g/mol. The number of hydrogen-bond acceptors (Lipinski definition) is 3. The summed E-state index contributed by atoms with van der Waals surface area (Å²) in [5.41, 5.74) is 3.05. The van der Waals surface area contributed by atoms with Crippen molar-refractivity contribution in [2.45, 2.75) is 26.8 Å². The number of methoxy groups -OCH3 is 1. The van der Waals surface area contributed by atoms with Crippen LogP contribution in [0.25, 0.3) is 11.3 Å². The lowest BCUT2D eigenvalue weighted by Gasteiger charge is -2.10. The summed E-state index contributed by atoms with van der Waals surface area (Å²) in [7, 11) is 1.36. The molecule has 0 saturated heterocycles. The summed E-state index contributed by atoms with van der Waals surface area (Å²) in [6.45, 7) is 4.76. The Morgan fingerprint density at radius 2 is 2.05 bits per heavy atom. The lowest BCUT2D eigenvalue weighted by atomic mass is 10.1. The van der Waals surface area contributed by atoms with Crippen molar-refractivity contribution in [2.24, 2.45) is 0 Å². The molecule has 5 heteroatoms. The van der Waals surface area contributed by atoms with Gasteiger partial charge in [-0.3, -0.25) is 4.98 Å². The predicted molar refractivity (Wildman–Crippen MR) is 79.0 cm³/mol. The lowest BCUT2D eigenvalue weighted by molar-refractivity contribution is 0.0600. The van der Waals surface area contributed by atoms with Crippen LogP contribution in [0.15, 0.2) is 24.5 Å². The minimum Gasteiger partial charge on any atom is -0.465 e. The fourth-order valence-corrected chi connectivity index (χ4v) is 2.76. The standard InChI is InChI=1S/C15H17ClN2O2/c1-4-9-18-10(2)12(15(19)20-3)13(16)14(18)11-5-7-17-8-6-11/h5-8H,4,9H2,1-3H3. The third-order valence-electron chi connectivity index (χ3n) is 3.25. The molecule has 2 heterocycles. The maximum absolute atomic E-state index is 11.9. The first kappa shape index (κ1) is 14.6. The van der Waals surface area contributed by atoms with Gasteiger partial charge in [0.1, 0.15) is 0 Å². The maximum Gasteiger partial charge on any atom is 0.341 e. The van der Waals surface area contributed by atoms with E-state index in [4.69, 9.17) is 16.3 Å². The average Bonchev–Trinajstić information content (AvgIpc) is 2.71. The maximum atomic E-state index is 11.9. The van der Waals surface area contributed by atoms with Crippen LogP contribution >= 0.6 is 11.6 Å². The molecule has 0 aliphatic carbocycles. The Morgan fingerprint density at radius 1 is 1.40 bits per heavy atom. The topological polar surface area (TPSA) is 44.1 Å². The van der Waals surface area contributed by atoms with Crippen LogP contribution in [0.2, 0.25) is 5.02 Å². The zero-order valence-corrected chi connectivity index (χ0v) is 12.6. The van der Waals surface area contributed by atoms with Gasteiger partial charge in [0.15, 0.2) is 0 Å². The molecule has 0 aliphatic rings. The molecule has 0 atom stereocenters. The summed E-state index contributed by atoms with van der Waals surface area (Å²) < 4.78 is 6.89. The molecular formula is C15H17ClN2O2. The number of rotatable bonds is 4. The van der Waals surface area contributed by atoms with Crippen LogP contribution in [0.1, 0.15) is 29.4 Å². The Hall–Kier alpha value is -1.81. The number of hydrogen-bond donors (Lipinski definition) is 0. The van der Waals surface area contributed by atoms with Crippen LogP contribution in [0, 0.1) is 6.92 Å². The van der Waals surface area contributed by atoms with Gasteiger partial charge >= 0.3 is 5.97 Å². The minimum absolute atomic E-state index is 0.405. The third kappa shape index (κ3) is 2.43. The molecule has 4 nitrogen and oxygen atoms in total. The molecule has 0 unspecified atom stereocenters. The van der Waals surface area contributed by atoms with Gasteiger partial charge in [0, 0.05) is 30.2 Å². The monoisotopic (exact) mass is 292 g/mol. The van der Waals surface area contributed by atoms with E-state index in [2.05, 4.69) is 16.5 Å². The molecular weight excluding hydrogens is 276 g/mol. The van der Waals surface area contributed by atoms with E-state index in [1.165, 1.54) is 7.11 Å². The normalized spacial score (nSPS) is 10.6. The molecule has 0 bridgehead atoms. The van der Waals surface area contributed by atoms with Gasteiger partial charge in [-0.25, -0.2) is 4.79 Å². The van der Waals surface area contributed by atoms with Crippen LogP contribution in [-0.2, 0) is 11.3 Å². The summed E-state index contributed by atoms with van der Waals surface area (Å²) in [6.07, 6.45) is 4.37. The number of pyridine rings is 1. The summed E-state index contributed by atoms with van der Waals surface area (Å²) in [6, 6.07) is 3.77. The first-order valence-electron chi connectivity index (χ1n) is 6.49. The molecule has 106 valence electrons. The van der Waals surface area contributed by atoms with Gasteiger partial charge in [0.2, 0.25) is 0 Å². The predicted octanol–water partition coefficient (Wildman–Crippen LogP) is 3.71. The quantitative estimate of drug-likeness (QED) is 0.807. The Morgan fingerprint density at radius 3 is 2.60 bits per heavy atom. The number of halogens is 1. The summed E-state index contributed by atoms with van der Waals surface area (Å²) in [5.74, 6) is -0.405. The van der Waals surface area contributed by atoms with Gasteiger partial charge in [-0.2, -0.15) is 0 Å². The van der Waals surface area contributed by atoms with Crippen LogP contribution in [0.5, 0.6) is 0 Å². The minimum atomic E-state index is -0.405. The van der Waals surface area contributed by atoms with E-state index in [9.17, 15) is 4.79 Å². The molecule has 2 rings (SSSR count). The van der Waals surface area contributed by atoms with Crippen molar-refractivity contribution in [2.75, 3.05) is 7.11 Å². The van der Waals surface area contributed by atoms with Gasteiger partial charge in [-0.1, -0.05) is 18.5 Å². The summed E-state index contributed by atoms with van der Waals surface area (Å²) in [4.78, 5) is 15.9. The molecule has 0 radical (unpaired) electrons. The van der Waals surface area contributed by atoms with Gasteiger partial charge in [0.25, 0.3) is 0 Å². The van der Waals surface area contributed by atoms with Crippen molar-refractivity contribution in [1.29, 1.82) is 0 Å². The molecule has 2 aromatic heterocycles. The molecule has 0 fully saturated rings. The van der Waals surface area contributed by atoms with Gasteiger partial charge in [-0.05, 0) is 25.5 Å². The highest BCUT2D eigenvalue weighted by molar-refractivity contribution is 6.36. The first-order chi connectivity index (χ1) is 9.61. The van der Waals surface area contributed by atoms with Crippen LogP contribution < -0.4 is 0 Å². The fourth-order valence-electron chi connectivity index (χ4n) is 2.33. The summed E-state index contributed by atoms with van der Waals surface area (Å²) >= 11 is 6.44. The number of carbonyl (C=O) groups is 1. The molecule has 0 N–H and O–H groups in total. The van der Waals surface area contributed by atoms with Crippen LogP contribution in [0.3, 0.4) is 0 Å². The number of aromatic nitrogens is 2. The van der Waals surface area contributed by atoms with Gasteiger partial charge in [0.05, 0.1) is 23.4 Å². The van der Waals surface area contributed by atoms with Crippen molar-refractivity contribution >= 4 is 17.6 Å². The molecule has 0 aromatic carbocycles. The molecule has 0 amide bonds. The van der Waals surface area contributed by atoms with E-state index in [0.29, 0.717) is 10.6 Å². The van der Waals surface area contributed by atoms with Crippen molar-refractivity contribution < 1.29 is 9.53 Å². The van der Waals surface area contributed by atoms with Crippen molar-refractivity contribution in [3.8, 4) is 11.3 Å². The second-order valence-corrected chi connectivity index (χ2v) is 4.88. The van der Waals surface area contributed by atoms with Crippen LogP contribution in [-0.4, -0.2) is 22.6 Å². The highest BCUT2D eigenvalue weighted by Gasteiger charge is 2.25. The Labute approximate surface area is 123 Å². The highest BCUT2D eigenvalue weighted by Crippen LogP contribution is 2.36. The van der Waals surface area contributed by atoms with E-state index in [-0.39, 0.29) is 0 Å². The van der Waals surface area contributed by atoms with Gasteiger partial charge in [-0.15, -0.1) is 0 Å². The molecule has 0 spiro atoms. The largest absolute Gasteiger partial charge is 0.465 e. The molecule has 0 saturated carbocycles. The second kappa shape index (κ2) is 6.09. The zero-order valence-electron chi connectivity index (χ0n) is 11.8. The Balaban J connectivity index is 2.69. The van der Waals surface area contributed by atoms with Crippen molar-refractivity contribution in [3.05, 3.63) is 40.8 Å². The van der Waals surface area contributed by atoms with Gasteiger partial charge < -0.3 is 9.30 Å². The van der Waals surface area contributed by atoms with E-state index >= 15 is 0 Å². The van der Waals surface area contributed by atoms with E-state index in [1.807, 2.05) is 19.1 Å². The highest BCUT2D eigenvalue weighted by atomic mass is 35.5. The Bertz CT molecular complexity index is 621. The number of esters is 1. The number of carbonyl (C=O) groups excluding carboxylic acids is 1. The lowest BCUT2D eigenvalue weighted by Crippen LogP contribution is -2.06. The molecule has 0 aliphatic heterocycles. The fraction of sp³-hybridized carbons (Fsp3) is 0.333. The third-order valence-corrected chi connectivity index (χ3v) is 3.62. The van der Waals surface area contributed by atoms with Crippen molar-refractivity contribution in [3.63, 3.8) is 0 Å². The zero-order chi connectivity index (χ0) is 14.7. The van der Waals surface area contributed by atoms with Crippen LogP contribution in [0.4, 0.5) is 0 Å². The molecule has 20 heavy (non-hydrogen) atoms. The van der Waals surface area contributed by atoms with E-state index < -0.39 is 5.97 Å². The number of ether oxygens (including phenoxy) is 1. The smallest absolute Gasteiger partial charge is 0.341 e. The summed E-state index contributed by atoms with van der Waals surface area (Å²) in [5, 5.41) is 0.439. The second-order valence-electron chi connectivity index (χ2n) is 4.50. The first-order valence-corrected chi connectivity index (χ1v) is 6.86. The SMILES string of the molecule is CCCn1c(C)c(C(=O)OC)c(Cl)c1-c1ccncc1. The Kier molecular flexibility index (Phi) is 4.45. The number of nitrogens with zero attached hydrogens (tertiary/aromatic N) is 2. The van der Waals surface area contributed by atoms with E-state index in [1.54, 1.807) is 12.4 Å². The van der Waals surface area contributed by atoms with Crippen molar-refractivity contribution in [1.82, 2.24) is 9.55 Å². The molecule has 2 aromatic rings. The van der Waals surface area contributed by atoms with E-state index in [0.717, 1.165) is 29.9 Å².